The molecule has 0 spiro atoms. The Kier molecular flexibility index (Phi) is 2.93. The molecule has 1 heterocycles. The Morgan fingerprint density at radius 1 is 1.12 bits per heavy atom. The van der Waals surface area contributed by atoms with E-state index in [1.165, 1.54) is 37.1 Å². The van der Waals surface area contributed by atoms with Crippen LogP contribution in [0.4, 0.5) is 0 Å². The second kappa shape index (κ2) is 4.43. The highest BCUT2D eigenvalue weighted by atomic mass is 16.3. The highest BCUT2D eigenvalue weighted by Crippen LogP contribution is 2.46. The first-order valence-electron chi connectivity index (χ1n) is 6.71. The molecule has 2 atom stereocenters. The van der Waals surface area contributed by atoms with E-state index < -0.39 is 0 Å². The van der Waals surface area contributed by atoms with Crippen LogP contribution < -0.4 is 0 Å². The van der Waals surface area contributed by atoms with Crippen LogP contribution in [0.3, 0.4) is 0 Å². The summed E-state index contributed by atoms with van der Waals surface area (Å²) in [5.41, 5.74) is 2.59. The summed E-state index contributed by atoms with van der Waals surface area (Å²) < 4.78 is 0. The molecule has 2 unspecified atom stereocenters. The van der Waals surface area contributed by atoms with Gasteiger partial charge in [-0.1, -0.05) is 24.3 Å². The molecule has 2 nitrogen and oxygen atoms in total. The van der Waals surface area contributed by atoms with E-state index in [4.69, 9.17) is 0 Å². The number of rotatable bonds is 1. The van der Waals surface area contributed by atoms with Crippen LogP contribution in [0.1, 0.15) is 42.4 Å². The Labute approximate surface area is 103 Å². The lowest BCUT2D eigenvalue weighted by Gasteiger charge is -2.33. The van der Waals surface area contributed by atoms with E-state index in [2.05, 4.69) is 30.1 Å². The van der Waals surface area contributed by atoms with Gasteiger partial charge in [-0.15, -0.1) is 0 Å². The van der Waals surface area contributed by atoms with Crippen LogP contribution in [0.15, 0.2) is 24.3 Å². The third-order valence-electron chi connectivity index (χ3n) is 4.56. The summed E-state index contributed by atoms with van der Waals surface area (Å²) in [6.07, 6.45) is 3.27. The van der Waals surface area contributed by atoms with Gasteiger partial charge in [0.25, 0.3) is 0 Å². The van der Waals surface area contributed by atoms with Crippen LogP contribution in [0.25, 0.3) is 0 Å². The maximum absolute atomic E-state index is 10.1. The summed E-state index contributed by atoms with van der Waals surface area (Å²) in [6, 6.07) is 8.46. The van der Waals surface area contributed by atoms with Gasteiger partial charge < -0.3 is 10.0 Å². The van der Waals surface area contributed by atoms with E-state index >= 15 is 0 Å². The first-order chi connectivity index (χ1) is 8.25. The van der Waals surface area contributed by atoms with Crippen molar-refractivity contribution < 1.29 is 5.11 Å². The number of aliphatic hydroxyl groups excluding tert-OH is 1. The van der Waals surface area contributed by atoms with Gasteiger partial charge in [-0.25, -0.2) is 0 Å². The summed E-state index contributed by atoms with van der Waals surface area (Å²) in [4.78, 5) is 2.41. The monoisotopic (exact) mass is 231 g/mol. The van der Waals surface area contributed by atoms with Gasteiger partial charge in [-0.2, -0.15) is 0 Å². The molecule has 1 aliphatic carbocycles. The molecular formula is C15H21NO. The summed E-state index contributed by atoms with van der Waals surface area (Å²) in [5.74, 6) is 1.36. The smallest absolute Gasteiger partial charge is 0.0798 e. The Bertz CT molecular complexity index is 396. The number of hydrogen-bond acceptors (Lipinski definition) is 2. The van der Waals surface area contributed by atoms with E-state index in [0.717, 1.165) is 12.3 Å². The Balaban J connectivity index is 1.82. The van der Waals surface area contributed by atoms with Crippen LogP contribution in [-0.2, 0) is 0 Å². The molecule has 1 aromatic rings. The summed E-state index contributed by atoms with van der Waals surface area (Å²) in [7, 11) is 2.20. The van der Waals surface area contributed by atoms with Gasteiger partial charge in [-0.3, -0.25) is 0 Å². The average molecular weight is 231 g/mol. The molecule has 2 aliphatic rings. The molecule has 0 amide bonds. The number of aliphatic hydroxyl groups is 1. The molecule has 2 heteroatoms. The van der Waals surface area contributed by atoms with Gasteiger partial charge in [0.05, 0.1) is 6.10 Å². The van der Waals surface area contributed by atoms with Gasteiger partial charge in [0.2, 0.25) is 0 Å². The lowest BCUT2D eigenvalue weighted by molar-refractivity contribution is 0.145. The molecule has 1 aromatic carbocycles. The summed E-state index contributed by atoms with van der Waals surface area (Å²) >= 11 is 0. The fourth-order valence-corrected chi connectivity index (χ4v) is 3.52. The molecule has 1 fully saturated rings. The first kappa shape index (κ1) is 11.2. The van der Waals surface area contributed by atoms with Crippen molar-refractivity contribution in [1.82, 2.24) is 4.90 Å². The first-order valence-corrected chi connectivity index (χ1v) is 6.71. The zero-order valence-corrected chi connectivity index (χ0v) is 10.5. The van der Waals surface area contributed by atoms with Crippen molar-refractivity contribution >= 4 is 0 Å². The zero-order chi connectivity index (χ0) is 11.8. The van der Waals surface area contributed by atoms with Crippen molar-refractivity contribution in [1.29, 1.82) is 0 Å². The van der Waals surface area contributed by atoms with Crippen LogP contribution in [0, 0.1) is 5.92 Å². The molecule has 1 N–H and O–H groups in total. The molecule has 1 saturated heterocycles. The molecular weight excluding hydrogens is 210 g/mol. The summed E-state index contributed by atoms with van der Waals surface area (Å²) in [5, 5.41) is 10.1. The van der Waals surface area contributed by atoms with Crippen molar-refractivity contribution in [2.75, 3.05) is 20.1 Å². The van der Waals surface area contributed by atoms with Crippen LogP contribution in [-0.4, -0.2) is 30.1 Å². The Morgan fingerprint density at radius 3 is 2.47 bits per heavy atom. The number of likely N-dealkylation sites (tertiary alicyclic amines) is 1. The Morgan fingerprint density at radius 2 is 1.76 bits per heavy atom. The SMILES string of the molecule is CN1CCC(C2CC(O)c3ccccc32)CC1. The molecule has 0 aromatic heterocycles. The van der Waals surface area contributed by atoms with Gasteiger partial charge in [0, 0.05) is 0 Å². The molecule has 17 heavy (non-hydrogen) atoms. The quantitative estimate of drug-likeness (QED) is 0.803. The van der Waals surface area contributed by atoms with Crippen molar-refractivity contribution in [3.05, 3.63) is 35.4 Å². The van der Waals surface area contributed by atoms with Gasteiger partial charge >= 0.3 is 0 Å². The van der Waals surface area contributed by atoms with Crippen molar-refractivity contribution in [3.8, 4) is 0 Å². The van der Waals surface area contributed by atoms with Crippen LogP contribution in [0.2, 0.25) is 0 Å². The third kappa shape index (κ3) is 2.00. The minimum Gasteiger partial charge on any atom is -0.388 e. The second-order valence-electron chi connectivity index (χ2n) is 5.63. The number of benzene rings is 1. The third-order valence-corrected chi connectivity index (χ3v) is 4.56. The molecule has 3 rings (SSSR count). The highest BCUT2D eigenvalue weighted by molar-refractivity contribution is 5.37. The van der Waals surface area contributed by atoms with Crippen molar-refractivity contribution in [3.63, 3.8) is 0 Å². The van der Waals surface area contributed by atoms with E-state index in [1.807, 2.05) is 6.07 Å². The lowest BCUT2D eigenvalue weighted by Crippen LogP contribution is -2.32. The maximum Gasteiger partial charge on any atom is 0.0798 e. The number of nitrogens with zero attached hydrogens (tertiary/aromatic N) is 1. The zero-order valence-electron chi connectivity index (χ0n) is 10.5. The normalized spacial score (nSPS) is 30.5. The maximum atomic E-state index is 10.1. The molecule has 0 bridgehead atoms. The topological polar surface area (TPSA) is 23.5 Å². The van der Waals surface area contributed by atoms with Gasteiger partial charge in [0.15, 0.2) is 0 Å². The second-order valence-corrected chi connectivity index (χ2v) is 5.63. The van der Waals surface area contributed by atoms with E-state index in [9.17, 15) is 5.11 Å². The predicted molar refractivity (Wildman–Crippen MR) is 69.0 cm³/mol. The predicted octanol–water partition coefficient (Wildman–Crippen LogP) is 2.55. The lowest BCUT2D eigenvalue weighted by atomic mass is 9.81. The number of fused-ring (bicyclic) bond motifs is 1. The van der Waals surface area contributed by atoms with E-state index in [1.54, 1.807) is 0 Å². The van der Waals surface area contributed by atoms with E-state index in [0.29, 0.717) is 5.92 Å². The van der Waals surface area contributed by atoms with E-state index in [-0.39, 0.29) is 6.10 Å². The van der Waals surface area contributed by atoms with Crippen molar-refractivity contribution in [2.24, 2.45) is 5.92 Å². The minimum absolute atomic E-state index is 0.226. The largest absolute Gasteiger partial charge is 0.388 e. The standard InChI is InChI=1S/C15H21NO/c1-16-8-6-11(7-9-16)14-10-15(17)13-5-3-2-4-12(13)14/h2-5,11,14-15,17H,6-10H2,1H3. The van der Waals surface area contributed by atoms with Crippen LogP contribution in [0.5, 0.6) is 0 Å². The number of piperidine rings is 1. The molecule has 0 radical (unpaired) electrons. The fourth-order valence-electron chi connectivity index (χ4n) is 3.52. The van der Waals surface area contributed by atoms with Crippen LogP contribution >= 0.6 is 0 Å². The fraction of sp³-hybridized carbons (Fsp3) is 0.600. The molecule has 92 valence electrons. The molecule has 0 saturated carbocycles. The minimum atomic E-state index is -0.226. The summed E-state index contributed by atoms with van der Waals surface area (Å²) in [6.45, 7) is 2.42. The Hall–Kier alpha value is -0.860. The molecule has 1 aliphatic heterocycles. The average Bonchev–Trinajstić information content (AvgIpc) is 2.69. The van der Waals surface area contributed by atoms with Crippen molar-refractivity contribution in [2.45, 2.75) is 31.3 Å². The van der Waals surface area contributed by atoms with Gasteiger partial charge in [-0.05, 0) is 62.4 Å². The number of hydrogen-bond donors (Lipinski definition) is 1. The highest BCUT2D eigenvalue weighted by Gasteiger charge is 2.35. The van der Waals surface area contributed by atoms with Gasteiger partial charge in [0.1, 0.15) is 0 Å².